The predicted molar refractivity (Wildman–Crippen MR) is 77.4 cm³/mol. The van der Waals surface area contributed by atoms with Crippen molar-refractivity contribution < 1.29 is 4.79 Å². The van der Waals surface area contributed by atoms with E-state index in [9.17, 15) is 4.79 Å². The first-order valence-corrected chi connectivity index (χ1v) is 6.19. The van der Waals surface area contributed by atoms with Gasteiger partial charge in [-0.15, -0.1) is 0 Å². The summed E-state index contributed by atoms with van der Waals surface area (Å²) in [5, 5.41) is 0. The first-order valence-electron chi connectivity index (χ1n) is 6.19. The summed E-state index contributed by atoms with van der Waals surface area (Å²) in [5.41, 5.74) is 7.45. The van der Waals surface area contributed by atoms with E-state index in [4.69, 9.17) is 5.73 Å². The second-order valence-electron chi connectivity index (χ2n) is 4.67. The Balaban J connectivity index is 2.64. The van der Waals surface area contributed by atoms with Crippen molar-refractivity contribution in [1.29, 1.82) is 0 Å². The van der Waals surface area contributed by atoms with Gasteiger partial charge in [-0.25, -0.2) is 0 Å². The van der Waals surface area contributed by atoms with E-state index in [2.05, 4.69) is 11.8 Å². The first kappa shape index (κ1) is 15.2. The predicted octanol–water partition coefficient (Wildman–Crippen LogP) is 0.517. The van der Waals surface area contributed by atoms with Gasteiger partial charge in [-0.2, -0.15) is 0 Å². The van der Waals surface area contributed by atoms with Crippen molar-refractivity contribution in [1.82, 2.24) is 9.80 Å². The van der Waals surface area contributed by atoms with Crippen LogP contribution in [0, 0.1) is 11.8 Å². The summed E-state index contributed by atoms with van der Waals surface area (Å²) >= 11 is 0. The Labute approximate surface area is 115 Å². The zero-order chi connectivity index (χ0) is 14.3. The molecule has 0 fully saturated rings. The van der Waals surface area contributed by atoms with Crippen LogP contribution in [0.3, 0.4) is 0 Å². The number of nitrogens with zero attached hydrogens (tertiary/aromatic N) is 2. The number of rotatable bonds is 4. The summed E-state index contributed by atoms with van der Waals surface area (Å²) in [6.07, 6.45) is 0. The van der Waals surface area contributed by atoms with E-state index in [1.807, 2.05) is 36.2 Å². The van der Waals surface area contributed by atoms with Crippen LogP contribution in [-0.4, -0.2) is 49.9 Å². The molecule has 0 bridgehead atoms. The lowest BCUT2D eigenvalue weighted by atomic mass is 10.1. The number of hydrogen-bond acceptors (Lipinski definition) is 3. The van der Waals surface area contributed by atoms with Gasteiger partial charge in [0.25, 0.3) is 0 Å². The maximum atomic E-state index is 11.6. The Bertz CT molecular complexity index is 486. The highest BCUT2D eigenvalue weighted by atomic mass is 16.2. The smallest absolute Gasteiger partial charge is 0.236 e. The molecule has 0 heterocycles. The summed E-state index contributed by atoms with van der Waals surface area (Å²) in [6, 6.07) is 7.98. The first-order chi connectivity index (χ1) is 9.02. The van der Waals surface area contributed by atoms with E-state index in [1.54, 1.807) is 19.0 Å². The second kappa shape index (κ2) is 7.57. The van der Waals surface area contributed by atoms with E-state index >= 15 is 0 Å². The Morgan fingerprint density at radius 3 is 2.68 bits per heavy atom. The second-order valence-corrected chi connectivity index (χ2v) is 4.67. The van der Waals surface area contributed by atoms with Crippen LogP contribution in [0.2, 0.25) is 0 Å². The molecule has 4 nitrogen and oxygen atoms in total. The van der Waals surface area contributed by atoms with Gasteiger partial charge < -0.3 is 10.6 Å². The Hall–Kier alpha value is -1.83. The number of carbonyl (C=O) groups is 1. The largest absolute Gasteiger partial charge is 0.348 e. The standard InChI is InChI=1S/C15H21N3O/c1-17(2)15(19)12-18(3)11-14-7-4-6-13(10-14)8-5-9-16/h4,6-7,10H,9,11-12,16H2,1-3H3. The molecule has 0 radical (unpaired) electrons. The number of hydrogen-bond donors (Lipinski definition) is 1. The molecule has 1 rings (SSSR count). The fourth-order valence-corrected chi connectivity index (χ4v) is 1.64. The lowest BCUT2D eigenvalue weighted by Crippen LogP contribution is -2.34. The molecule has 1 aromatic rings. The van der Waals surface area contributed by atoms with Gasteiger partial charge in [0.05, 0.1) is 13.1 Å². The molecule has 0 saturated carbocycles. The number of amides is 1. The SMILES string of the molecule is CN(CC(=O)N(C)C)Cc1cccc(C#CCN)c1. The molecule has 0 aromatic heterocycles. The molecule has 2 N–H and O–H groups in total. The highest BCUT2D eigenvalue weighted by Gasteiger charge is 2.08. The van der Waals surface area contributed by atoms with E-state index in [0.717, 1.165) is 17.7 Å². The quantitative estimate of drug-likeness (QED) is 0.802. The summed E-state index contributed by atoms with van der Waals surface area (Å²) in [5.74, 6) is 5.94. The minimum Gasteiger partial charge on any atom is -0.348 e. The highest BCUT2D eigenvalue weighted by Crippen LogP contribution is 2.06. The van der Waals surface area contributed by atoms with Crippen LogP contribution in [-0.2, 0) is 11.3 Å². The van der Waals surface area contributed by atoms with Crippen molar-refractivity contribution in [3.05, 3.63) is 35.4 Å². The molecular formula is C15H21N3O. The fourth-order valence-electron chi connectivity index (χ4n) is 1.64. The molecule has 19 heavy (non-hydrogen) atoms. The van der Waals surface area contributed by atoms with Gasteiger partial charge in [-0.05, 0) is 24.7 Å². The number of benzene rings is 1. The molecule has 0 atom stereocenters. The number of likely N-dealkylation sites (N-methyl/N-ethyl adjacent to an activating group) is 2. The van der Waals surface area contributed by atoms with Crippen molar-refractivity contribution in [2.24, 2.45) is 5.73 Å². The van der Waals surface area contributed by atoms with E-state index in [-0.39, 0.29) is 5.91 Å². The topological polar surface area (TPSA) is 49.6 Å². The highest BCUT2D eigenvalue weighted by molar-refractivity contribution is 5.77. The van der Waals surface area contributed by atoms with Gasteiger partial charge in [0.1, 0.15) is 0 Å². The minimum atomic E-state index is 0.0987. The molecule has 1 amide bonds. The molecule has 102 valence electrons. The average molecular weight is 259 g/mol. The minimum absolute atomic E-state index is 0.0987. The summed E-state index contributed by atoms with van der Waals surface area (Å²) in [7, 11) is 5.46. The third kappa shape index (κ3) is 5.56. The zero-order valence-electron chi connectivity index (χ0n) is 11.8. The van der Waals surface area contributed by atoms with Crippen LogP contribution < -0.4 is 5.73 Å². The van der Waals surface area contributed by atoms with Crippen LogP contribution in [0.25, 0.3) is 0 Å². The third-order valence-corrected chi connectivity index (χ3v) is 2.62. The number of carbonyl (C=O) groups excluding carboxylic acids is 1. The van der Waals surface area contributed by atoms with E-state index in [1.165, 1.54) is 0 Å². The normalized spacial score (nSPS) is 9.95. The van der Waals surface area contributed by atoms with Crippen molar-refractivity contribution in [3.8, 4) is 11.8 Å². The molecule has 0 spiro atoms. The molecule has 0 aliphatic rings. The lowest BCUT2D eigenvalue weighted by molar-refractivity contribution is -0.129. The van der Waals surface area contributed by atoms with Crippen LogP contribution in [0.15, 0.2) is 24.3 Å². The maximum Gasteiger partial charge on any atom is 0.236 e. The monoisotopic (exact) mass is 259 g/mol. The molecule has 0 aliphatic carbocycles. The van der Waals surface area contributed by atoms with Crippen LogP contribution in [0.1, 0.15) is 11.1 Å². The van der Waals surface area contributed by atoms with Gasteiger partial charge >= 0.3 is 0 Å². The zero-order valence-corrected chi connectivity index (χ0v) is 11.8. The molecular weight excluding hydrogens is 238 g/mol. The van der Waals surface area contributed by atoms with Gasteiger partial charge in [-0.3, -0.25) is 9.69 Å². The lowest BCUT2D eigenvalue weighted by Gasteiger charge is -2.19. The van der Waals surface area contributed by atoms with Gasteiger partial charge in [-0.1, -0.05) is 24.0 Å². The molecule has 4 heteroatoms. The maximum absolute atomic E-state index is 11.6. The molecule has 1 aromatic carbocycles. The van der Waals surface area contributed by atoms with Crippen LogP contribution >= 0.6 is 0 Å². The Morgan fingerprint density at radius 1 is 1.32 bits per heavy atom. The Morgan fingerprint density at radius 2 is 2.05 bits per heavy atom. The van der Waals surface area contributed by atoms with Gasteiger partial charge in [0.15, 0.2) is 0 Å². The summed E-state index contributed by atoms with van der Waals surface area (Å²) in [4.78, 5) is 15.2. The third-order valence-electron chi connectivity index (χ3n) is 2.62. The molecule has 0 unspecified atom stereocenters. The van der Waals surface area contributed by atoms with Crippen LogP contribution in [0.5, 0.6) is 0 Å². The average Bonchev–Trinajstić information content (AvgIpc) is 2.36. The number of nitrogens with two attached hydrogens (primary N) is 1. The van der Waals surface area contributed by atoms with Gasteiger partial charge in [0, 0.05) is 26.2 Å². The van der Waals surface area contributed by atoms with Crippen molar-refractivity contribution in [2.45, 2.75) is 6.54 Å². The fraction of sp³-hybridized carbons (Fsp3) is 0.400. The van der Waals surface area contributed by atoms with Crippen LogP contribution in [0.4, 0.5) is 0 Å². The Kier molecular flexibility index (Phi) is 6.07. The summed E-state index contributed by atoms with van der Waals surface area (Å²) in [6.45, 7) is 1.49. The van der Waals surface area contributed by atoms with Gasteiger partial charge in [0.2, 0.25) is 5.91 Å². The van der Waals surface area contributed by atoms with Crippen molar-refractivity contribution >= 4 is 5.91 Å². The van der Waals surface area contributed by atoms with Crippen molar-refractivity contribution in [2.75, 3.05) is 34.2 Å². The molecule has 0 saturated heterocycles. The van der Waals surface area contributed by atoms with E-state index in [0.29, 0.717) is 13.1 Å². The van der Waals surface area contributed by atoms with E-state index < -0.39 is 0 Å². The van der Waals surface area contributed by atoms with Crippen molar-refractivity contribution in [3.63, 3.8) is 0 Å². The molecule has 0 aliphatic heterocycles. The summed E-state index contributed by atoms with van der Waals surface area (Å²) < 4.78 is 0.